The number of carbonyl (C=O) groups excluding carboxylic acids is 1. The highest BCUT2D eigenvalue weighted by atomic mass is 16.5. The molecule has 1 amide bonds. The standard InChI is InChI=1S/C14H24N4O2/c1-4-18-13(10-15-16-18)14(19)17(7-8-20-3)12-6-5-11(2)9-12/h10-12H,4-9H2,1-3H3. The first kappa shape index (κ1) is 15.0. The molecule has 6 heteroatoms. The van der Waals surface area contributed by atoms with Gasteiger partial charge in [0.05, 0.1) is 12.8 Å². The molecule has 2 rings (SSSR count). The molecule has 1 heterocycles. The quantitative estimate of drug-likeness (QED) is 0.793. The first-order valence-corrected chi connectivity index (χ1v) is 7.35. The van der Waals surface area contributed by atoms with Crippen LogP contribution in [0, 0.1) is 5.92 Å². The fraction of sp³-hybridized carbons (Fsp3) is 0.786. The van der Waals surface area contributed by atoms with Crippen LogP contribution in [0.15, 0.2) is 6.20 Å². The second-order valence-electron chi connectivity index (χ2n) is 5.50. The van der Waals surface area contributed by atoms with Gasteiger partial charge in [-0.15, -0.1) is 5.10 Å². The topological polar surface area (TPSA) is 60.2 Å². The number of rotatable bonds is 6. The van der Waals surface area contributed by atoms with E-state index in [-0.39, 0.29) is 5.91 Å². The summed E-state index contributed by atoms with van der Waals surface area (Å²) in [6.45, 7) is 6.05. The summed E-state index contributed by atoms with van der Waals surface area (Å²) in [6, 6.07) is 0.313. The molecule has 6 nitrogen and oxygen atoms in total. The third-order valence-corrected chi connectivity index (χ3v) is 4.04. The Balaban J connectivity index is 2.15. The first-order valence-electron chi connectivity index (χ1n) is 7.35. The van der Waals surface area contributed by atoms with Gasteiger partial charge in [0, 0.05) is 26.2 Å². The molecule has 1 aliphatic rings. The van der Waals surface area contributed by atoms with Crippen molar-refractivity contribution in [1.82, 2.24) is 19.9 Å². The van der Waals surface area contributed by atoms with Crippen LogP contribution in [-0.2, 0) is 11.3 Å². The number of ether oxygens (including phenoxy) is 1. The summed E-state index contributed by atoms with van der Waals surface area (Å²) in [5.41, 5.74) is 0.572. The number of amides is 1. The lowest BCUT2D eigenvalue weighted by atomic mass is 10.1. The molecule has 0 bridgehead atoms. The maximum absolute atomic E-state index is 12.8. The summed E-state index contributed by atoms with van der Waals surface area (Å²) in [6.07, 6.45) is 4.89. The van der Waals surface area contributed by atoms with Crippen LogP contribution in [0.4, 0.5) is 0 Å². The van der Waals surface area contributed by atoms with Gasteiger partial charge in [-0.1, -0.05) is 12.1 Å². The molecular formula is C14H24N4O2. The Morgan fingerprint density at radius 1 is 1.55 bits per heavy atom. The van der Waals surface area contributed by atoms with Crippen LogP contribution < -0.4 is 0 Å². The normalized spacial score (nSPS) is 22.1. The van der Waals surface area contributed by atoms with Crippen LogP contribution in [-0.4, -0.2) is 52.1 Å². The Morgan fingerprint density at radius 2 is 2.35 bits per heavy atom. The molecule has 1 saturated carbocycles. The minimum Gasteiger partial charge on any atom is -0.383 e. The predicted octanol–water partition coefficient (Wildman–Crippen LogP) is 1.58. The van der Waals surface area contributed by atoms with Gasteiger partial charge in [-0.05, 0) is 32.1 Å². The van der Waals surface area contributed by atoms with Crippen LogP contribution in [0.5, 0.6) is 0 Å². The highest BCUT2D eigenvalue weighted by Crippen LogP contribution is 2.29. The predicted molar refractivity (Wildman–Crippen MR) is 75.4 cm³/mol. The molecule has 0 spiro atoms. The van der Waals surface area contributed by atoms with Crippen molar-refractivity contribution in [3.8, 4) is 0 Å². The van der Waals surface area contributed by atoms with Gasteiger partial charge >= 0.3 is 0 Å². The average Bonchev–Trinajstić information content (AvgIpc) is 3.07. The van der Waals surface area contributed by atoms with Crippen molar-refractivity contribution in [2.75, 3.05) is 20.3 Å². The zero-order valence-electron chi connectivity index (χ0n) is 12.6. The van der Waals surface area contributed by atoms with E-state index in [4.69, 9.17) is 4.74 Å². The number of nitrogens with zero attached hydrogens (tertiary/aromatic N) is 4. The van der Waals surface area contributed by atoms with Crippen LogP contribution in [0.3, 0.4) is 0 Å². The zero-order chi connectivity index (χ0) is 14.5. The molecule has 112 valence electrons. The Morgan fingerprint density at radius 3 is 2.95 bits per heavy atom. The monoisotopic (exact) mass is 280 g/mol. The molecule has 0 radical (unpaired) electrons. The van der Waals surface area contributed by atoms with Gasteiger partial charge in [0.15, 0.2) is 0 Å². The molecule has 1 fully saturated rings. The van der Waals surface area contributed by atoms with Crippen molar-refractivity contribution in [1.29, 1.82) is 0 Å². The molecule has 0 aliphatic heterocycles. The number of hydrogen-bond acceptors (Lipinski definition) is 4. The molecule has 1 aromatic rings. The van der Waals surface area contributed by atoms with Gasteiger partial charge in [0.2, 0.25) is 0 Å². The minimum absolute atomic E-state index is 0.0213. The largest absolute Gasteiger partial charge is 0.383 e. The number of hydrogen-bond donors (Lipinski definition) is 0. The summed E-state index contributed by atoms with van der Waals surface area (Å²) < 4.78 is 6.80. The number of aromatic nitrogens is 3. The summed E-state index contributed by atoms with van der Waals surface area (Å²) in [5, 5.41) is 7.80. The maximum atomic E-state index is 12.8. The van der Waals surface area contributed by atoms with Gasteiger partial charge in [-0.2, -0.15) is 0 Å². The van der Waals surface area contributed by atoms with Crippen molar-refractivity contribution >= 4 is 5.91 Å². The fourth-order valence-corrected chi connectivity index (χ4v) is 2.90. The Labute approximate surface area is 120 Å². The molecule has 2 unspecified atom stereocenters. The molecule has 1 aromatic heterocycles. The van der Waals surface area contributed by atoms with Gasteiger partial charge < -0.3 is 9.64 Å². The third-order valence-electron chi connectivity index (χ3n) is 4.04. The summed E-state index contributed by atoms with van der Waals surface area (Å²) in [4.78, 5) is 14.7. The summed E-state index contributed by atoms with van der Waals surface area (Å²) in [5.74, 6) is 0.708. The van der Waals surface area contributed by atoms with Crippen molar-refractivity contribution in [3.05, 3.63) is 11.9 Å². The van der Waals surface area contributed by atoms with Crippen LogP contribution in [0.25, 0.3) is 0 Å². The van der Waals surface area contributed by atoms with Crippen LogP contribution in [0.1, 0.15) is 43.6 Å². The van der Waals surface area contributed by atoms with Crippen LogP contribution >= 0.6 is 0 Å². The van der Waals surface area contributed by atoms with Gasteiger partial charge in [0.25, 0.3) is 5.91 Å². The van der Waals surface area contributed by atoms with Crippen molar-refractivity contribution in [3.63, 3.8) is 0 Å². The highest BCUT2D eigenvalue weighted by molar-refractivity contribution is 5.92. The molecule has 1 aliphatic carbocycles. The zero-order valence-corrected chi connectivity index (χ0v) is 12.6. The number of carbonyl (C=O) groups is 1. The Hall–Kier alpha value is -1.43. The first-order chi connectivity index (χ1) is 9.67. The van der Waals surface area contributed by atoms with Gasteiger partial charge in [0.1, 0.15) is 5.69 Å². The molecule has 20 heavy (non-hydrogen) atoms. The SMILES string of the molecule is CCn1nncc1C(=O)N(CCOC)C1CCC(C)C1. The van der Waals surface area contributed by atoms with Crippen molar-refractivity contribution in [2.45, 2.75) is 45.7 Å². The molecule has 0 aromatic carbocycles. The minimum atomic E-state index is 0.0213. The van der Waals surface area contributed by atoms with Crippen molar-refractivity contribution < 1.29 is 9.53 Å². The summed E-state index contributed by atoms with van der Waals surface area (Å²) in [7, 11) is 1.66. The van der Waals surface area contributed by atoms with E-state index in [1.54, 1.807) is 18.0 Å². The van der Waals surface area contributed by atoms with Crippen molar-refractivity contribution in [2.24, 2.45) is 5.92 Å². The number of aryl methyl sites for hydroxylation is 1. The lowest BCUT2D eigenvalue weighted by Gasteiger charge is -2.29. The van der Waals surface area contributed by atoms with E-state index in [0.29, 0.717) is 37.4 Å². The van der Waals surface area contributed by atoms with Crippen LogP contribution in [0.2, 0.25) is 0 Å². The van der Waals surface area contributed by atoms with Gasteiger partial charge in [-0.3, -0.25) is 4.79 Å². The van der Waals surface area contributed by atoms with E-state index in [1.165, 1.54) is 6.42 Å². The van der Waals surface area contributed by atoms with E-state index in [1.807, 2.05) is 11.8 Å². The van der Waals surface area contributed by atoms with E-state index >= 15 is 0 Å². The molecule has 0 N–H and O–H groups in total. The average molecular weight is 280 g/mol. The highest BCUT2D eigenvalue weighted by Gasteiger charge is 2.31. The van der Waals surface area contributed by atoms with E-state index in [0.717, 1.165) is 12.8 Å². The summed E-state index contributed by atoms with van der Waals surface area (Å²) >= 11 is 0. The van der Waals surface area contributed by atoms with E-state index < -0.39 is 0 Å². The Kier molecular flexibility index (Phi) is 5.11. The molecule has 2 atom stereocenters. The van der Waals surface area contributed by atoms with Gasteiger partial charge in [-0.25, -0.2) is 4.68 Å². The third kappa shape index (κ3) is 3.17. The Bertz CT molecular complexity index is 446. The fourth-order valence-electron chi connectivity index (χ4n) is 2.90. The molecule has 0 saturated heterocycles. The lowest BCUT2D eigenvalue weighted by Crippen LogP contribution is -2.42. The second-order valence-corrected chi connectivity index (χ2v) is 5.50. The van der Waals surface area contributed by atoms with E-state index in [9.17, 15) is 4.79 Å². The maximum Gasteiger partial charge on any atom is 0.274 e. The lowest BCUT2D eigenvalue weighted by molar-refractivity contribution is 0.0590. The smallest absolute Gasteiger partial charge is 0.274 e. The number of methoxy groups -OCH3 is 1. The molecular weight excluding hydrogens is 256 g/mol. The second kappa shape index (κ2) is 6.83. The van der Waals surface area contributed by atoms with E-state index in [2.05, 4.69) is 17.2 Å².